The molecule has 0 aliphatic heterocycles. The predicted octanol–water partition coefficient (Wildman–Crippen LogP) is -0.553. The van der Waals surface area contributed by atoms with E-state index in [9.17, 15) is 4.79 Å². The fraction of sp³-hybridized carbons (Fsp3) is 0.667. The van der Waals surface area contributed by atoms with Gasteiger partial charge in [-0.05, 0) is 5.92 Å². The summed E-state index contributed by atoms with van der Waals surface area (Å²) >= 11 is 0. The Labute approximate surface area is 88.7 Å². The Morgan fingerprint density at radius 1 is 1.67 bits per heavy atom. The van der Waals surface area contributed by atoms with Gasteiger partial charge in [0.15, 0.2) is 0 Å². The van der Waals surface area contributed by atoms with E-state index in [0.29, 0.717) is 13.0 Å². The van der Waals surface area contributed by atoms with Crippen molar-refractivity contribution in [1.82, 2.24) is 20.5 Å². The van der Waals surface area contributed by atoms with Crippen LogP contribution in [-0.2, 0) is 11.2 Å². The van der Waals surface area contributed by atoms with Crippen molar-refractivity contribution in [2.45, 2.75) is 26.3 Å². The molecule has 1 aromatic heterocycles. The molecule has 1 atom stereocenters. The van der Waals surface area contributed by atoms with Crippen LogP contribution in [0.25, 0.3) is 0 Å². The van der Waals surface area contributed by atoms with E-state index in [1.807, 2.05) is 13.8 Å². The number of hydrogen-bond acceptors (Lipinski definition) is 4. The van der Waals surface area contributed by atoms with Gasteiger partial charge in [-0.25, -0.2) is 4.98 Å². The van der Waals surface area contributed by atoms with Crippen LogP contribution in [0, 0.1) is 5.92 Å². The van der Waals surface area contributed by atoms with Gasteiger partial charge in [0.2, 0.25) is 5.91 Å². The number of amides is 1. The Balaban J connectivity index is 2.23. The molecule has 15 heavy (non-hydrogen) atoms. The molecule has 0 aromatic carbocycles. The van der Waals surface area contributed by atoms with Crippen molar-refractivity contribution in [3.8, 4) is 0 Å². The fourth-order valence-electron chi connectivity index (χ4n) is 1.08. The lowest BCUT2D eigenvalue weighted by molar-refractivity contribution is -0.123. The van der Waals surface area contributed by atoms with Gasteiger partial charge in [-0.2, -0.15) is 5.10 Å². The Hall–Kier alpha value is -1.43. The average molecular weight is 211 g/mol. The van der Waals surface area contributed by atoms with Crippen molar-refractivity contribution < 1.29 is 4.79 Å². The molecule has 0 spiro atoms. The summed E-state index contributed by atoms with van der Waals surface area (Å²) in [5.41, 5.74) is 5.67. The number of nitrogens with one attached hydrogen (secondary N) is 2. The van der Waals surface area contributed by atoms with Gasteiger partial charge in [0.25, 0.3) is 0 Å². The minimum atomic E-state index is -0.445. The molecule has 1 aromatic rings. The average Bonchev–Trinajstić information content (AvgIpc) is 2.69. The van der Waals surface area contributed by atoms with Crippen molar-refractivity contribution in [2.24, 2.45) is 11.7 Å². The van der Waals surface area contributed by atoms with E-state index in [1.165, 1.54) is 6.33 Å². The second-order valence-corrected chi connectivity index (χ2v) is 3.74. The van der Waals surface area contributed by atoms with Crippen molar-refractivity contribution in [1.29, 1.82) is 0 Å². The van der Waals surface area contributed by atoms with E-state index in [1.54, 1.807) is 0 Å². The summed E-state index contributed by atoms with van der Waals surface area (Å²) in [5, 5.41) is 9.18. The first kappa shape index (κ1) is 11.6. The molecule has 1 amide bonds. The maximum Gasteiger partial charge on any atom is 0.237 e. The first-order valence-electron chi connectivity index (χ1n) is 4.98. The van der Waals surface area contributed by atoms with Gasteiger partial charge in [0.1, 0.15) is 12.2 Å². The third-order valence-electron chi connectivity index (χ3n) is 2.15. The minimum Gasteiger partial charge on any atom is -0.354 e. The van der Waals surface area contributed by atoms with Gasteiger partial charge in [-0.3, -0.25) is 9.89 Å². The first-order valence-corrected chi connectivity index (χ1v) is 4.98. The maximum atomic E-state index is 11.4. The van der Waals surface area contributed by atoms with Crippen LogP contribution in [0.2, 0.25) is 0 Å². The number of nitrogens with zero attached hydrogens (tertiary/aromatic N) is 2. The third kappa shape index (κ3) is 3.67. The van der Waals surface area contributed by atoms with Crippen LogP contribution in [0.4, 0.5) is 0 Å². The molecule has 4 N–H and O–H groups in total. The smallest absolute Gasteiger partial charge is 0.237 e. The molecule has 6 heteroatoms. The van der Waals surface area contributed by atoms with Gasteiger partial charge >= 0.3 is 0 Å². The van der Waals surface area contributed by atoms with E-state index in [4.69, 9.17) is 5.73 Å². The zero-order valence-electron chi connectivity index (χ0n) is 9.03. The highest BCUT2D eigenvalue weighted by molar-refractivity contribution is 5.81. The number of H-pyrrole nitrogens is 1. The molecule has 0 bridgehead atoms. The summed E-state index contributed by atoms with van der Waals surface area (Å²) in [4.78, 5) is 15.4. The molecule has 84 valence electrons. The van der Waals surface area contributed by atoms with E-state index in [0.717, 1.165) is 5.82 Å². The highest BCUT2D eigenvalue weighted by Gasteiger charge is 2.16. The normalized spacial score (nSPS) is 12.8. The zero-order valence-corrected chi connectivity index (χ0v) is 9.03. The third-order valence-corrected chi connectivity index (χ3v) is 2.15. The quantitative estimate of drug-likeness (QED) is 0.608. The molecular formula is C9H17N5O. The molecule has 0 aliphatic carbocycles. The monoisotopic (exact) mass is 211 g/mol. The summed E-state index contributed by atoms with van der Waals surface area (Å²) in [5.74, 6) is 0.785. The number of aromatic nitrogens is 3. The van der Waals surface area contributed by atoms with Crippen molar-refractivity contribution >= 4 is 5.91 Å². The van der Waals surface area contributed by atoms with Crippen LogP contribution in [0.3, 0.4) is 0 Å². The topological polar surface area (TPSA) is 96.7 Å². The summed E-state index contributed by atoms with van der Waals surface area (Å²) in [6, 6.07) is -0.445. The predicted molar refractivity (Wildman–Crippen MR) is 55.9 cm³/mol. The fourth-order valence-corrected chi connectivity index (χ4v) is 1.08. The van der Waals surface area contributed by atoms with Gasteiger partial charge in [-0.1, -0.05) is 13.8 Å². The van der Waals surface area contributed by atoms with Gasteiger partial charge in [0.05, 0.1) is 6.04 Å². The van der Waals surface area contributed by atoms with Gasteiger partial charge in [0, 0.05) is 13.0 Å². The molecule has 1 unspecified atom stereocenters. The Bertz CT molecular complexity index is 295. The number of aromatic amines is 1. The highest BCUT2D eigenvalue weighted by Crippen LogP contribution is 1.97. The molecule has 1 heterocycles. The van der Waals surface area contributed by atoms with Crippen LogP contribution in [0.1, 0.15) is 19.7 Å². The molecule has 0 radical (unpaired) electrons. The minimum absolute atomic E-state index is 0.121. The number of rotatable bonds is 5. The summed E-state index contributed by atoms with van der Waals surface area (Å²) in [6.45, 7) is 4.36. The molecular weight excluding hydrogens is 194 g/mol. The molecule has 0 saturated carbocycles. The Kier molecular flexibility index (Phi) is 4.23. The summed E-state index contributed by atoms with van der Waals surface area (Å²) < 4.78 is 0. The molecule has 6 nitrogen and oxygen atoms in total. The molecule has 0 saturated heterocycles. The van der Waals surface area contributed by atoms with Crippen LogP contribution in [0.5, 0.6) is 0 Å². The van der Waals surface area contributed by atoms with Crippen molar-refractivity contribution in [2.75, 3.05) is 6.54 Å². The lowest BCUT2D eigenvalue weighted by Gasteiger charge is -2.14. The summed E-state index contributed by atoms with van der Waals surface area (Å²) in [6.07, 6.45) is 2.08. The lowest BCUT2D eigenvalue weighted by Crippen LogP contribution is -2.44. The van der Waals surface area contributed by atoms with Crippen molar-refractivity contribution in [3.05, 3.63) is 12.2 Å². The number of carbonyl (C=O) groups is 1. The Morgan fingerprint density at radius 2 is 2.40 bits per heavy atom. The number of nitrogens with two attached hydrogens (primary N) is 1. The number of hydrogen-bond donors (Lipinski definition) is 3. The van der Waals surface area contributed by atoms with E-state index >= 15 is 0 Å². The standard InChI is InChI=1S/C9H17N5O/c1-6(2)8(10)9(15)11-4-3-7-12-5-13-14-7/h5-6,8H,3-4,10H2,1-2H3,(H,11,15)(H,12,13,14). The van der Waals surface area contributed by atoms with Gasteiger partial charge < -0.3 is 11.1 Å². The van der Waals surface area contributed by atoms with E-state index in [-0.39, 0.29) is 11.8 Å². The molecule has 0 aliphatic rings. The van der Waals surface area contributed by atoms with Crippen LogP contribution >= 0.6 is 0 Å². The van der Waals surface area contributed by atoms with Crippen molar-refractivity contribution in [3.63, 3.8) is 0 Å². The second-order valence-electron chi connectivity index (χ2n) is 3.74. The lowest BCUT2D eigenvalue weighted by atomic mass is 10.1. The van der Waals surface area contributed by atoms with Crippen LogP contribution in [0.15, 0.2) is 6.33 Å². The zero-order chi connectivity index (χ0) is 11.3. The second kappa shape index (κ2) is 5.45. The maximum absolute atomic E-state index is 11.4. The molecule has 1 rings (SSSR count). The SMILES string of the molecule is CC(C)C(N)C(=O)NCCc1ncn[nH]1. The summed E-state index contributed by atoms with van der Waals surface area (Å²) in [7, 11) is 0. The van der Waals surface area contributed by atoms with Crippen LogP contribution in [-0.4, -0.2) is 33.7 Å². The van der Waals surface area contributed by atoms with Crippen LogP contribution < -0.4 is 11.1 Å². The largest absolute Gasteiger partial charge is 0.354 e. The van der Waals surface area contributed by atoms with E-state index in [2.05, 4.69) is 20.5 Å². The highest BCUT2D eigenvalue weighted by atomic mass is 16.2. The molecule has 0 fully saturated rings. The first-order chi connectivity index (χ1) is 7.11. The van der Waals surface area contributed by atoms with Gasteiger partial charge in [-0.15, -0.1) is 0 Å². The number of carbonyl (C=O) groups excluding carboxylic acids is 1. The van der Waals surface area contributed by atoms with E-state index < -0.39 is 6.04 Å². The Morgan fingerprint density at radius 3 is 2.93 bits per heavy atom.